The van der Waals surface area contributed by atoms with Gasteiger partial charge in [-0.15, -0.1) is 0 Å². The standard InChI is InChI=1S/C26H29N3O3/c1-19(2)16-24(22-8-4-3-5-9-22)29-25(31)23-17-20(11-12-21(23)10-6-15-30)18-32-26-27-13-7-14-28-26/h3-5,7-9,11-15,17,19,24H,6,10,16,18H2,1-2H3,(H,29,31). The molecule has 1 heterocycles. The molecule has 0 fully saturated rings. The van der Waals surface area contributed by atoms with Gasteiger partial charge in [0.25, 0.3) is 5.91 Å². The second-order valence-corrected chi connectivity index (χ2v) is 8.08. The first-order valence-electron chi connectivity index (χ1n) is 10.9. The molecule has 0 radical (unpaired) electrons. The summed E-state index contributed by atoms with van der Waals surface area (Å²) in [5.74, 6) is 0.263. The van der Waals surface area contributed by atoms with Crippen LogP contribution in [0.5, 0.6) is 6.01 Å². The third-order valence-electron chi connectivity index (χ3n) is 5.07. The highest BCUT2D eigenvalue weighted by molar-refractivity contribution is 5.96. The quantitative estimate of drug-likeness (QED) is 0.445. The monoisotopic (exact) mass is 431 g/mol. The van der Waals surface area contributed by atoms with Gasteiger partial charge in [-0.1, -0.05) is 56.3 Å². The summed E-state index contributed by atoms with van der Waals surface area (Å²) in [4.78, 5) is 32.4. The van der Waals surface area contributed by atoms with E-state index in [9.17, 15) is 9.59 Å². The van der Waals surface area contributed by atoms with Crippen LogP contribution in [0.2, 0.25) is 0 Å². The van der Waals surface area contributed by atoms with Gasteiger partial charge in [-0.25, -0.2) is 9.97 Å². The van der Waals surface area contributed by atoms with Crippen molar-refractivity contribution < 1.29 is 14.3 Å². The summed E-state index contributed by atoms with van der Waals surface area (Å²) in [5, 5.41) is 3.21. The van der Waals surface area contributed by atoms with Crippen molar-refractivity contribution in [2.24, 2.45) is 5.92 Å². The summed E-state index contributed by atoms with van der Waals surface area (Å²) in [6.45, 7) is 4.52. The number of ether oxygens (including phenoxy) is 1. The van der Waals surface area contributed by atoms with E-state index in [1.807, 2.05) is 48.5 Å². The molecule has 3 rings (SSSR count). The van der Waals surface area contributed by atoms with E-state index in [1.165, 1.54) is 0 Å². The zero-order chi connectivity index (χ0) is 22.8. The fourth-order valence-corrected chi connectivity index (χ4v) is 3.54. The van der Waals surface area contributed by atoms with Crippen molar-refractivity contribution in [3.05, 3.63) is 89.2 Å². The highest BCUT2D eigenvalue weighted by Crippen LogP contribution is 2.23. The molecule has 1 amide bonds. The summed E-state index contributed by atoms with van der Waals surface area (Å²) in [7, 11) is 0. The van der Waals surface area contributed by atoms with Crippen molar-refractivity contribution in [2.75, 3.05) is 0 Å². The van der Waals surface area contributed by atoms with Gasteiger partial charge in [-0.05, 0) is 47.6 Å². The first kappa shape index (κ1) is 23.1. The van der Waals surface area contributed by atoms with Gasteiger partial charge in [0.1, 0.15) is 12.9 Å². The Hall–Kier alpha value is -3.54. The van der Waals surface area contributed by atoms with Gasteiger partial charge in [0.2, 0.25) is 0 Å². The number of hydrogen-bond acceptors (Lipinski definition) is 5. The maximum Gasteiger partial charge on any atom is 0.316 e. The Kier molecular flexibility index (Phi) is 8.49. The highest BCUT2D eigenvalue weighted by atomic mass is 16.5. The number of benzene rings is 2. The second-order valence-electron chi connectivity index (χ2n) is 8.08. The van der Waals surface area contributed by atoms with Crippen LogP contribution < -0.4 is 10.1 Å². The third kappa shape index (κ3) is 6.74. The van der Waals surface area contributed by atoms with Crippen molar-refractivity contribution in [1.82, 2.24) is 15.3 Å². The predicted molar refractivity (Wildman–Crippen MR) is 123 cm³/mol. The maximum absolute atomic E-state index is 13.4. The Labute approximate surface area is 189 Å². The predicted octanol–water partition coefficient (Wildman–Crippen LogP) is 4.70. The molecule has 2 aromatic carbocycles. The van der Waals surface area contributed by atoms with Gasteiger partial charge in [-0.2, -0.15) is 0 Å². The topological polar surface area (TPSA) is 81.2 Å². The highest BCUT2D eigenvalue weighted by Gasteiger charge is 2.19. The summed E-state index contributed by atoms with van der Waals surface area (Å²) < 4.78 is 5.64. The Morgan fingerprint density at radius 1 is 1.06 bits per heavy atom. The van der Waals surface area contributed by atoms with Gasteiger partial charge < -0.3 is 14.8 Å². The van der Waals surface area contributed by atoms with E-state index in [0.717, 1.165) is 29.4 Å². The van der Waals surface area contributed by atoms with Gasteiger partial charge >= 0.3 is 6.01 Å². The van der Waals surface area contributed by atoms with Crippen molar-refractivity contribution in [3.63, 3.8) is 0 Å². The van der Waals surface area contributed by atoms with E-state index in [1.54, 1.807) is 18.5 Å². The Balaban J connectivity index is 1.82. The molecular weight excluding hydrogens is 402 g/mol. The molecule has 32 heavy (non-hydrogen) atoms. The van der Waals surface area contributed by atoms with Crippen LogP contribution in [-0.2, 0) is 17.8 Å². The van der Waals surface area contributed by atoms with Crippen LogP contribution in [0.3, 0.4) is 0 Å². The Morgan fingerprint density at radius 2 is 1.81 bits per heavy atom. The zero-order valence-electron chi connectivity index (χ0n) is 18.5. The van der Waals surface area contributed by atoms with Crippen LogP contribution in [0.15, 0.2) is 67.0 Å². The molecule has 1 atom stereocenters. The molecule has 6 heteroatoms. The van der Waals surface area contributed by atoms with Crippen molar-refractivity contribution in [1.29, 1.82) is 0 Å². The van der Waals surface area contributed by atoms with Crippen LogP contribution in [-0.4, -0.2) is 22.2 Å². The lowest BCUT2D eigenvalue weighted by Gasteiger charge is -2.22. The maximum atomic E-state index is 13.4. The minimum Gasteiger partial charge on any atom is -0.459 e. The van der Waals surface area contributed by atoms with Gasteiger partial charge in [-0.3, -0.25) is 4.79 Å². The first-order valence-corrected chi connectivity index (χ1v) is 10.9. The average Bonchev–Trinajstić information content (AvgIpc) is 2.82. The van der Waals surface area contributed by atoms with Crippen LogP contribution in [0.1, 0.15) is 59.8 Å². The van der Waals surface area contributed by atoms with Crippen LogP contribution in [0.4, 0.5) is 0 Å². The lowest BCUT2D eigenvalue weighted by molar-refractivity contribution is -0.107. The number of hydrogen-bond donors (Lipinski definition) is 1. The van der Waals surface area contributed by atoms with Crippen molar-refractivity contribution in [3.8, 4) is 6.01 Å². The molecule has 0 aliphatic carbocycles. The van der Waals surface area contributed by atoms with E-state index < -0.39 is 0 Å². The smallest absolute Gasteiger partial charge is 0.316 e. The van der Waals surface area contributed by atoms with Crippen LogP contribution in [0.25, 0.3) is 0 Å². The van der Waals surface area contributed by atoms with E-state index in [2.05, 4.69) is 29.1 Å². The molecule has 166 valence electrons. The molecule has 3 aromatic rings. The molecule has 0 bridgehead atoms. The van der Waals surface area contributed by atoms with Gasteiger partial charge in [0, 0.05) is 24.4 Å². The van der Waals surface area contributed by atoms with Gasteiger partial charge in [0.15, 0.2) is 0 Å². The van der Waals surface area contributed by atoms with E-state index in [0.29, 0.717) is 24.3 Å². The number of carbonyl (C=O) groups is 2. The van der Waals surface area contributed by atoms with Gasteiger partial charge in [0.05, 0.1) is 6.04 Å². The Morgan fingerprint density at radius 3 is 2.50 bits per heavy atom. The molecule has 6 nitrogen and oxygen atoms in total. The number of amides is 1. The summed E-state index contributed by atoms with van der Waals surface area (Å²) in [6, 6.07) is 17.5. The molecule has 0 spiro atoms. The van der Waals surface area contributed by atoms with E-state index >= 15 is 0 Å². The fourth-order valence-electron chi connectivity index (χ4n) is 3.54. The number of nitrogens with zero attached hydrogens (tertiary/aromatic N) is 2. The van der Waals surface area contributed by atoms with Crippen LogP contribution in [0, 0.1) is 5.92 Å². The molecule has 0 saturated carbocycles. The number of carbonyl (C=O) groups excluding carboxylic acids is 2. The second kappa shape index (κ2) is 11.7. The SMILES string of the molecule is CC(C)CC(NC(=O)c1cc(COc2ncccn2)ccc1CCC=O)c1ccccc1. The minimum absolute atomic E-state index is 0.0970. The third-order valence-corrected chi connectivity index (χ3v) is 5.07. The summed E-state index contributed by atoms with van der Waals surface area (Å²) in [5.41, 5.74) is 3.31. The largest absolute Gasteiger partial charge is 0.459 e. The molecule has 0 saturated heterocycles. The van der Waals surface area contributed by atoms with Crippen molar-refractivity contribution in [2.45, 2.75) is 45.8 Å². The molecular formula is C26H29N3O3. The van der Waals surface area contributed by atoms with E-state index in [4.69, 9.17) is 4.74 Å². The minimum atomic E-state index is -0.154. The average molecular weight is 432 g/mol. The Bertz CT molecular complexity index is 1010. The fraction of sp³-hybridized carbons (Fsp3) is 0.308. The van der Waals surface area contributed by atoms with E-state index in [-0.39, 0.29) is 24.6 Å². The van der Waals surface area contributed by atoms with Crippen LogP contribution >= 0.6 is 0 Å². The lowest BCUT2D eigenvalue weighted by Crippen LogP contribution is -2.30. The molecule has 0 aliphatic heterocycles. The molecule has 1 aromatic heterocycles. The summed E-state index contributed by atoms with van der Waals surface area (Å²) >= 11 is 0. The first-order chi connectivity index (χ1) is 15.6. The summed E-state index contributed by atoms with van der Waals surface area (Å²) in [6.07, 6.45) is 5.80. The lowest BCUT2D eigenvalue weighted by atomic mass is 9.95. The molecule has 1 unspecified atom stereocenters. The number of aldehydes is 1. The number of aromatic nitrogens is 2. The number of nitrogens with one attached hydrogen (secondary N) is 1. The normalized spacial score (nSPS) is 11.7. The molecule has 0 aliphatic rings. The molecule has 1 N–H and O–H groups in total. The number of rotatable bonds is 11. The zero-order valence-corrected chi connectivity index (χ0v) is 18.5. The van der Waals surface area contributed by atoms with Crippen molar-refractivity contribution >= 4 is 12.2 Å². The number of aryl methyl sites for hydroxylation is 1.